The summed E-state index contributed by atoms with van der Waals surface area (Å²) in [6, 6.07) is 70.4. The average molecular weight is 673 g/mol. The Kier molecular flexibility index (Phi) is 6.62. The molecule has 53 heavy (non-hydrogen) atoms. The quantitative estimate of drug-likeness (QED) is 0.170. The molecule has 0 atom stereocenters. The van der Waals surface area contributed by atoms with Gasteiger partial charge < -0.3 is 4.42 Å². The molecule has 0 N–H and O–H groups in total. The number of furan rings is 1. The summed E-state index contributed by atoms with van der Waals surface area (Å²) in [5.41, 5.74) is 11.5. The zero-order valence-electron chi connectivity index (χ0n) is 28.9. The van der Waals surface area contributed by atoms with Gasteiger partial charge >= 0.3 is 0 Å². The van der Waals surface area contributed by atoms with Crippen molar-refractivity contribution in [3.63, 3.8) is 0 Å². The highest BCUT2D eigenvalue weighted by molar-refractivity contribution is 6.29. The minimum Gasteiger partial charge on any atom is -0.455 e. The minimum atomic E-state index is 0.898. The van der Waals surface area contributed by atoms with Crippen molar-refractivity contribution in [2.24, 2.45) is 0 Å². The van der Waals surface area contributed by atoms with Crippen LogP contribution in [0.2, 0.25) is 0 Å². The number of benzene rings is 10. The summed E-state index contributed by atoms with van der Waals surface area (Å²) in [6.07, 6.45) is 0. The summed E-state index contributed by atoms with van der Waals surface area (Å²) >= 11 is 0. The molecule has 0 aliphatic carbocycles. The lowest BCUT2D eigenvalue weighted by Crippen LogP contribution is -1.92. The number of rotatable bonds is 4. The van der Waals surface area contributed by atoms with Crippen molar-refractivity contribution in [2.75, 3.05) is 0 Å². The molecule has 0 amide bonds. The molecule has 0 bridgehead atoms. The van der Waals surface area contributed by atoms with Gasteiger partial charge in [0.15, 0.2) is 0 Å². The molecule has 246 valence electrons. The van der Waals surface area contributed by atoms with Crippen molar-refractivity contribution < 1.29 is 4.42 Å². The van der Waals surface area contributed by atoms with E-state index in [0.29, 0.717) is 0 Å². The zero-order valence-corrected chi connectivity index (χ0v) is 28.9. The van der Waals surface area contributed by atoms with Gasteiger partial charge in [0.2, 0.25) is 0 Å². The van der Waals surface area contributed by atoms with Crippen LogP contribution in [0.5, 0.6) is 0 Å². The monoisotopic (exact) mass is 672 g/mol. The fourth-order valence-corrected chi connectivity index (χ4v) is 8.65. The van der Waals surface area contributed by atoms with E-state index in [9.17, 15) is 0 Å². The second-order valence-electron chi connectivity index (χ2n) is 14.0. The average Bonchev–Trinajstić information content (AvgIpc) is 3.62. The van der Waals surface area contributed by atoms with Crippen molar-refractivity contribution in [1.82, 2.24) is 0 Å². The van der Waals surface area contributed by atoms with Crippen molar-refractivity contribution in [2.45, 2.75) is 0 Å². The molecule has 1 heteroatoms. The normalized spacial score (nSPS) is 11.8. The molecule has 1 nitrogen and oxygen atoms in total. The third-order valence-corrected chi connectivity index (χ3v) is 11.0. The van der Waals surface area contributed by atoms with E-state index in [1.165, 1.54) is 71.3 Å². The summed E-state index contributed by atoms with van der Waals surface area (Å²) < 4.78 is 6.90. The first kappa shape index (κ1) is 29.7. The highest BCUT2D eigenvalue weighted by Crippen LogP contribution is 2.49. The number of hydrogen-bond donors (Lipinski definition) is 0. The van der Waals surface area contributed by atoms with Gasteiger partial charge in [0.05, 0.1) is 0 Å². The van der Waals surface area contributed by atoms with E-state index in [1.807, 2.05) is 0 Å². The van der Waals surface area contributed by atoms with Crippen molar-refractivity contribution in [3.05, 3.63) is 194 Å². The first-order valence-electron chi connectivity index (χ1n) is 18.3. The highest BCUT2D eigenvalue weighted by atomic mass is 16.3. The summed E-state index contributed by atoms with van der Waals surface area (Å²) in [4.78, 5) is 0. The molecule has 0 radical (unpaired) electrons. The second kappa shape index (κ2) is 11.8. The molecule has 10 aromatic carbocycles. The molecule has 11 rings (SSSR count). The molecule has 0 saturated heterocycles. The predicted octanol–water partition coefficient (Wildman–Crippen LogP) is 14.9. The third kappa shape index (κ3) is 4.64. The van der Waals surface area contributed by atoms with E-state index in [0.717, 1.165) is 38.3 Å². The van der Waals surface area contributed by atoms with Crippen LogP contribution in [0, 0.1) is 0 Å². The van der Waals surface area contributed by atoms with Crippen LogP contribution in [0.4, 0.5) is 0 Å². The van der Waals surface area contributed by atoms with E-state index >= 15 is 0 Å². The zero-order chi connectivity index (χ0) is 34.9. The Morgan fingerprint density at radius 1 is 0.283 bits per heavy atom. The fourth-order valence-electron chi connectivity index (χ4n) is 8.65. The maximum absolute atomic E-state index is 6.90. The molecule has 1 aromatic heterocycles. The molecule has 0 aliphatic rings. The molecular weight excluding hydrogens is 641 g/mol. The number of hydrogen-bond acceptors (Lipinski definition) is 1. The Balaban J connectivity index is 1.23. The lowest BCUT2D eigenvalue weighted by molar-refractivity contribution is 0.673. The Morgan fingerprint density at radius 3 is 1.58 bits per heavy atom. The SMILES string of the molecule is c1ccc(-c2ccc3c(c2)oc2c4ccccc4cc(-c4c5ccccc5c(-c5ccc6cccc(-c7ccccc7)c6c5)c5ccccc45)c32)cc1. The van der Waals surface area contributed by atoms with E-state index in [2.05, 4.69) is 194 Å². The maximum Gasteiger partial charge on any atom is 0.143 e. The van der Waals surface area contributed by atoms with Gasteiger partial charge in [0, 0.05) is 16.2 Å². The molecule has 0 spiro atoms. The van der Waals surface area contributed by atoms with Crippen LogP contribution in [0.15, 0.2) is 199 Å². The van der Waals surface area contributed by atoms with E-state index in [-0.39, 0.29) is 0 Å². The molecule has 1 heterocycles. The summed E-state index contributed by atoms with van der Waals surface area (Å²) in [5.74, 6) is 0. The van der Waals surface area contributed by atoms with Crippen molar-refractivity contribution in [3.8, 4) is 44.5 Å². The molecular formula is C52H32O. The predicted molar refractivity (Wildman–Crippen MR) is 225 cm³/mol. The summed E-state index contributed by atoms with van der Waals surface area (Å²) in [7, 11) is 0. The first-order chi connectivity index (χ1) is 26.3. The van der Waals surface area contributed by atoms with E-state index < -0.39 is 0 Å². The molecule has 0 saturated carbocycles. The molecule has 0 fully saturated rings. The topological polar surface area (TPSA) is 13.1 Å². The number of fused-ring (bicyclic) bond motifs is 8. The van der Waals surface area contributed by atoms with E-state index in [1.54, 1.807) is 0 Å². The lowest BCUT2D eigenvalue weighted by Gasteiger charge is -2.19. The minimum absolute atomic E-state index is 0.898. The van der Waals surface area contributed by atoms with Crippen LogP contribution in [0.25, 0.3) is 110 Å². The molecule has 0 unspecified atom stereocenters. The van der Waals surface area contributed by atoms with Gasteiger partial charge in [-0.3, -0.25) is 0 Å². The highest BCUT2D eigenvalue weighted by Gasteiger charge is 2.22. The van der Waals surface area contributed by atoms with Crippen LogP contribution >= 0.6 is 0 Å². The van der Waals surface area contributed by atoms with Gasteiger partial charge in [-0.2, -0.15) is 0 Å². The van der Waals surface area contributed by atoms with Gasteiger partial charge in [0.1, 0.15) is 11.2 Å². The van der Waals surface area contributed by atoms with Crippen LogP contribution in [-0.4, -0.2) is 0 Å². The van der Waals surface area contributed by atoms with Crippen LogP contribution in [0.3, 0.4) is 0 Å². The Hall–Kier alpha value is -6.96. The fraction of sp³-hybridized carbons (Fsp3) is 0. The van der Waals surface area contributed by atoms with Gasteiger partial charge in [-0.1, -0.05) is 170 Å². The summed E-state index contributed by atoms with van der Waals surface area (Å²) in [6.45, 7) is 0. The van der Waals surface area contributed by atoms with Gasteiger partial charge in [-0.05, 0) is 106 Å². The third-order valence-electron chi connectivity index (χ3n) is 11.0. The first-order valence-corrected chi connectivity index (χ1v) is 18.3. The molecule has 11 aromatic rings. The van der Waals surface area contributed by atoms with Crippen molar-refractivity contribution >= 4 is 65.0 Å². The lowest BCUT2D eigenvalue weighted by atomic mass is 9.83. The largest absolute Gasteiger partial charge is 0.455 e. The van der Waals surface area contributed by atoms with Gasteiger partial charge in [-0.25, -0.2) is 0 Å². The summed E-state index contributed by atoms with van der Waals surface area (Å²) in [5, 5.41) is 12.0. The van der Waals surface area contributed by atoms with Gasteiger partial charge in [-0.15, -0.1) is 0 Å². The molecule has 0 aliphatic heterocycles. The van der Waals surface area contributed by atoms with E-state index in [4.69, 9.17) is 4.42 Å². The van der Waals surface area contributed by atoms with Crippen molar-refractivity contribution in [1.29, 1.82) is 0 Å². The van der Waals surface area contributed by atoms with Crippen LogP contribution in [-0.2, 0) is 0 Å². The van der Waals surface area contributed by atoms with Crippen LogP contribution < -0.4 is 0 Å². The Bertz CT molecular complexity index is 3150. The van der Waals surface area contributed by atoms with Gasteiger partial charge in [0.25, 0.3) is 0 Å². The standard InChI is InChI=1S/C52H32O/c1-3-14-33(15-4-1)36-28-29-45-48(32-36)53-52-40-20-8-7-18-37(40)30-47(51(45)52)50-43-23-11-9-21-41(43)49(42-22-10-12-24-44(42)50)38-27-26-35-19-13-25-39(46(35)31-38)34-16-5-2-6-17-34/h1-32H. The Morgan fingerprint density at radius 2 is 0.868 bits per heavy atom. The Labute approximate surface area is 307 Å². The van der Waals surface area contributed by atoms with Crippen LogP contribution in [0.1, 0.15) is 0 Å². The second-order valence-corrected chi connectivity index (χ2v) is 14.0. The smallest absolute Gasteiger partial charge is 0.143 e. The maximum atomic E-state index is 6.90.